The Kier molecular flexibility index (Phi) is 4.14. The summed E-state index contributed by atoms with van der Waals surface area (Å²) in [5, 5.41) is 10.0. The van der Waals surface area contributed by atoms with Crippen molar-refractivity contribution < 1.29 is 13.9 Å². The minimum atomic E-state index is -0.823. The Labute approximate surface area is 116 Å². The lowest BCUT2D eigenvalue weighted by atomic mass is 10.1. The van der Waals surface area contributed by atoms with Gasteiger partial charge in [0, 0.05) is 11.3 Å². The maximum absolute atomic E-state index is 13.4. The van der Waals surface area contributed by atoms with Crippen LogP contribution < -0.4 is 0 Å². The molecule has 0 aliphatic heterocycles. The van der Waals surface area contributed by atoms with E-state index in [1.54, 1.807) is 0 Å². The van der Waals surface area contributed by atoms with E-state index in [1.807, 2.05) is 13.0 Å². The molecule has 1 atom stereocenters. The SMILES string of the molecule is Cc1cc(C(O)Cc2cc(F)ccc2F)sc1Br. The lowest BCUT2D eigenvalue weighted by molar-refractivity contribution is 0.181. The summed E-state index contributed by atoms with van der Waals surface area (Å²) in [5.41, 5.74) is 1.21. The molecular weight excluding hydrogens is 322 g/mol. The van der Waals surface area contributed by atoms with Gasteiger partial charge in [0.1, 0.15) is 11.6 Å². The molecule has 0 aliphatic carbocycles. The highest BCUT2D eigenvalue weighted by Crippen LogP contribution is 2.33. The molecule has 1 N–H and O–H groups in total. The van der Waals surface area contributed by atoms with Crippen LogP contribution in [0.1, 0.15) is 22.1 Å². The summed E-state index contributed by atoms with van der Waals surface area (Å²) in [6.07, 6.45) is -0.757. The fraction of sp³-hybridized carbons (Fsp3) is 0.231. The quantitative estimate of drug-likeness (QED) is 0.884. The Hall–Kier alpha value is -0.780. The number of benzene rings is 1. The Bertz CT molecular complexity index is 549. The van der Waals surface area contributed by atoms with E-state index in [-0.39, 0.29) is 12.0 Å². The van der Waals surface area contributed by atoms with Gasteiger partial charge in [-0.15, -0.1) is 11.3 Å². The molecule has 0 saturated heterocycles. The van der Waals surface area contributed by atoms with Crippen LogP contribution in [0.5, 0.6) is 0 Å². The molecule has 2 rings (SSSR count). The summed E-state index contributed by atoms with van der Waals surface area (Å²) in [5.74, 6) is -0.995. The Morgan fingerprint density at radius 2 is 2.06 bits per heavy atom. The van der Waals surface area contributed by atoms with Crippen LogP contribution in [-0.2, 0) is 6.42 Å². The standard InChI is InChI=1S/C13H11BrF2OS/c1-7-4-12(18-13(7)14)11(17)6-8-5-9(15)2-3-10(8)16/h2-5,11,17H,6H2,1H3. The lowest BCUT2D eigenvalue weighted by Gasteiger charge is -2.09. The number of hydrogen-bond donors (Lipinski definition) is 1. The van der Waals surface area contributed by atoms with Crippen molar-refractivity contribution in [3.63, 3.8) is 0 Å². The molecule has 1 nitrogen and oxygen atoms in total. The van der Waals surface area contributed by atoms with Crippen molar-refractivity contribution in [2.75, 3.05) is 0 Å². The predicted octanol–water partition coefficient (Wildman–Crippen LogP) is 4.37. The molecule has 18 heavy (non-hydrogen) atoms. The first-order chi connectivity index (χ1) is 8.47. The number of rotatable bonds is 3. The zero-order valence-electron chi connectivity index (χ0n) is 9.58. The summed E-state index contributed by atoms with van der Waals surface area (Å²) in [6, 6.07) is 5.11. The first-order valence-electron chi connectivity index (χ1n) is 5.35. The van der Waals surface area contributed by atoms with Gasteiger partial charge < -0.3 is 5.11 Å². The van der Waals surface area contributed by atoms with Crippen molar-refractivity contribution in [3.05, 3.63) is 55.7 Å². The molecule has 0 radical (unpaired) electrons. The normalized spacial score (nSPS) is 12.7. The van der Waals surface area contributed by atoms with Crippen molar-refractivity contribution in [2.24, 2.45) is 0 Å². The van der Waals surface area contributed by atoms with Gasteiger partial charge in [-0.25, -0.2) is 8.78 Å². The number of thiophene rings is 1. The summed E-state index contributed by atoms with van der Waals surface area (Å²) in [6.45, 7) is 1.92. The number of aliphatic hydroxyl groups is 1. The molecule has 0 fully saturated rings. The molecule has 1 heterocycles. The monoisotopic (exact) mass is 332 g/mol. The second-order valence-electron chi connectivity index (χ2n) is 4.06. The third-order valence-corrected chi connectivity index (χ3v) is 4.86. The molecule has 0 amide bonds. The predicted molar refractivity (Wildman–Crippen MR) is 71.8 cm³/mol. The maximum atomic E-state index is 13.4. The summed E-state index contributed by atoms with van der Waals surface area (Å²) < 4.78 is 27.4. The number of aliphatic hydroxyl groups excluding tert-OH is 1. The van der Waals surface area contributed by atoms with Crippen molar-refractivity contribution in [2.45, 2.75) is 19.4 Å². The van der Waals surface area contributed by atoms with Gasteiger partial charge in [0.2, 0.25) is 0 Å². The second-order valence-corrected chi connectivity index (χ2v) is 6.46. The van der Waals surface area contributed by atoms with E-state index in [0.717, 1.165) is 32.4 Å². The lowest BCUT2D eigenvalue weighted by Crippen LogP contribution is -2.02. The van der Waals surface area contributed by atoms with E-state index in [0.29, 0.717) is 0 Å². The highest BCUT2D eigenvalue weighted by molar-refractivity contribution is 9.11. The number of aryl methyl sites for hydroxylation is 1. The third-order valence-electron chi connectivity index (χ3n) is 2.63. The van der Waals surface area contributed by atoms with Crippen LogP contribution in [-0.4, -0.2) is 5.11 Å². The van der Waals surface area contributed by atoms with Crippen LogP contribution in [0, 0.1) is 18.6 Å². The van der Waals surface area contributed by atoms with Crippen molar-refractivity contribution in [1.29, 1.82) is 0 Å². The van der Waals surface area contributed by atoms with Gasteiger partial charge in [-0.2, -0.15) is 0 Å². The fourth-order valence-corrected chi connectivity index (χ4v) is 3.21. The zero-order valence-corrected chi connectivity index (χ0v) is 12.0. The number of halogens is 3. The van der Waals surface area contributed by atoms with E-state index < -0.39 is 17.7 Å². The van der Waals surface area contributed by atoms with E-state index in [2.05, 4.69) is 15.9 Å². The molecule has 0 saturated carbocycles. The van der Waals surface area contributed by atoms with E-state index in [4.69, 9.17) is 0 Å². The second kappa shape index (κ2) is 5.47. The molecule has 0 aliphatic rings. The molecule has 5 heteroatoms. The topological polar surface area (TPSA) is 20.2 Å². The van der Waals surface area contributed by atoms with Crippen molar-refractivity contribution >= 4 is 27.3 Å². The first-order valence-corrected chi connectivity index (χ1v) is 6.96. The molecule has 1 unspecified atom stereocenters. The molecule has 1 aromatic heterocycles. The van der Waals surface area contributed by atoms with Gasteiger partial charge in [0.25, 0.3) is 0 Å². The molecule has 2 aromatic rings. The molecule has 0 spiro atoms. The maximum Gasteiger partial charge on any atom is 0.126 e. The van der Waals surface area contributed by atoms with Gasteiger partial charge in [0.15, 0.2) is 0 Å². The minimum absolute atomic E-state index is 0.0655. The highest BCUT2D eigenvalue weighted by atomic mass is 79.9. The van der Waals surface area contributed by atoms with E-state index in [1.165, 1.54) is 11.3 Å². The van der Waals surface area contributed by atoms with Crippen molar-refractivity contribution in [1.82, 2.24) is 0 Å². The van der Waals surface area contributed by atoms with Gasteiger partial charge >= 0.3 is 0 Å². The fourth-order valence-electron chi connectivity index (χ4n) is 1.66. The molecule has 1 aromatic carbocycles. The van der Waals surface area contributed by atoms with Gasteiger partial charge in [-0.1, -0.05) is 0 Å². The van der Waals surface area contributed by atoms with Crippen LogP contribution in [0.3, 0.4) is 0 Å². The zero-order chi connectivity index (χ0) is 13.3. The highest BCUT2D eigenvalue weighted by Gasteiger charge is 2.15. The van der Waals surface area contributed by atoms with Crippen LogP contribution in [0.4, 0.5) is 8.78 Å². The summed E-state index contributed by atoms with van der Waals surface area (Å²) in [7, 11) is 0. The van der Waals surface area contributed by atoms with Gasteiger partial charge in [-0.05, 0) is 58.2 Å². The average molecular weight is 333 g/mol. The van der Waals surface area contributed by atoms with E-state index in [9.17, 15) is 13.9 Å². The summed E-state index contributed by atoms with van der Waals surface area (Å²) in [4.78, 5) is 0.739. The van der Waals surface area contributed by atoms with Gasteiger partial charge in [-0.3, -0.25) is 0 Å². The third kappa shape index (κ3) is 2.96. The molecule has 96 valence electrons. The Morgan fingerprint density at radius 1 is 1.33 bits per heavy atom. The van der Waals surface area contributed by atoms with Gasteiger partial charge in [0.05, 0.1) is 9.89 Å². The number of hydrogen-bond acceptors (Lipinski definition) is 2. The Balaban J connectivity index is 2.20. The first kappa shape index (κ1) is 13.6. The Morgan fingerprint density at radius 3 is 2.67 bits per heavy atom. The van der Waals surface area contributed by atoms with Crippen LogP contribution in [0.2, 0.25) is 0 Å². The van der Waals surface area contributed by atoms with Crippen molar-refractivity contribution in [3.8, 4) is 0 Å². The molecule has 0 bridgehead atoms. The smallest absolute Gasteiger partial charge is 0.126 e. The summed E-state index contributed by atoms with van der Waals surface area (Å²) >= 11 is 4.77. The largest absolute Gasteiger partial charge is 0.387 e. The molecular formula is C13H11BrF2OS. The van der Waals surface area contributed by atoms with Crippen LogP contribution in [0.15, 0.2) is 28.1 Å². The van der Waals surface area contributed by atoms with E-state index >= 15 is 0 Å². The van der Waals surface area contributed by atoms with Crippen LogP contribution in [0.25, 0.3) is 0 Å². The van der Waals surface area contributed by atoms with Crippen LogP contribution >= 0.6 is 27.3 Å². The minimum Gasteiger partial charge on any atom is -0.387 e. The average Bonchev–Trinajstić information content (AvgIpc) is 2.64.